The monoisotopic (exact) mass is 291 g/mol. The third-order valence-electron chi connectivity index (χ3n) is 3.88. The van der Waals surface area contributed by atoms with Crippen LogP contribution in [0.1, 0.15) is 12.0 Å². The zero-order valence-corrected chi connectivity index (χ0v) is 12.0. The molecule has 1 saturated heterocycles. The minimum absolute atomic E-state index is 0.659. The van der Waals surface area contributed by atoms with Gasteiger partial charge in [0.1, 0.15) is 5.60 Å². The van der Waals surface area contributed by atoms with E-state index in [0.717, 1.165) is 31.6 Å². The molecule has 0 bridgehead atoms. The standard InChI is InChI=1S/C15H18ClN3O/c16-14-10-17-19(11-14)9-8-18-7-6-15(20,12-18)13-4-2-1-3-5-13/h1-5,10-11,20H,6-9,12H2/t15-/m1/s1. The van der Waals surface area contributed by atoms with Crippen LogP contribution in [0.4, 0.5) is 0 Å². The molecule has 0 amide bonds. The van der Waals surface area contributed by atoms with Crippen LogP contribution in [0.3, 0.4) is 0 Å². The zero-order valence-electron chi connectivity index (χ0n) is 11.2. The second-order valence-corrected chi connectivity index (χ2v) is 5.78. The lowest BCUT2D eigenvalue weighted by molar-refractivity contribution is 0.0457. The predicted octanol–water partition coefficient (Wildman–Crippen LogP) is 2.13. The van der Waals surface area contributed by atoms with Gasteiger partial charge >= 0.3 is 0 Å². The molecule has 1 atom stereocenters. The maximum atomic E-state index is 10.7. The molecule has 0 spiro atoms. The van der Waals surface area contributed by atoms with Crippen LogP contribution in [0.15, 0.2) is 42.7 Å². The summed E-state index contributed by atoms with van der Waals surface area (Å²) in [6.45, 7) is 3.23. The van der Waals surface area contributed by atoms with Crippen LogP contribution in [0.2, 0.25) is 5.02 Å². The zero-order chi connectivity index (χ0) is 14.0. The Morgan fingerprint density at radius 3 is 2.75 bits per heavy atom. The number of hydrogen-bond donors (Lipinski definition) is 1. The SMILES string of the molecule is O[C@]1(c2ccccc2)CCN(CCn2cc(Cl)cn2)C1. The number of aromatic nitrogens is 2. The van der Waals surface area contributed by atoms with Crippen LogP contribution >= 0.6 is 11.6 Å². The minimum atomic E-state index is -0.719. The summed E-state index contributed by atoms with van der Waals surface area (Å²) < 4.78 is 1.84. The Bertz CT molecular complexity index is 572. The Morgan fingerprint density at radius 2 is 2.05 bits per heavy atom. The smallest absolute Gasteiger partial charge is 0.103 e. The highest BCUT2D eigenvalue weighted by Gasteiger charge is 2.37. The van der Waals surface area contributed by atoms with Crippen molar-refractivity contribution in [2.75, 3.05) is 19.6 Å². The maximum Gasteiger partial charge on any atom is 0.103 e. The molecule has 1 aliphatic rings. The number of aliphatic hydroxyl groups is 1. The lowest BCUT2D eigenvalue weighted by Crippen LogP contribution is -2.32. The minimum Gasteiger partial charge on any atom is -0.384 e. The van der Waals surface area contributed by atoms with Gasteiger partial charge in [-0.2, -0.15) is 5.10 Å². The molecule has 0 saturated carbocycles. The van der Waals surface area contributed by atoms with Gasteiger partial charge in [-0.1, -0.05) is 41.9 Å². The van der Waals surface area contributed by atoms with Gasteiger partial charge in [-0.25, -0.2) is 0 Å². The van der Waals surface area contributed by atoms with Crippen molar-refractivity contribution in [3.63, 3.8) is 0 Å². The summed E-state index contributed by atoms with van der Waals surface area (Å²) in [5.74, 6) is 0. The highest BCUT2D eigenvalue weighted by Crippen LogP contribution is 2.31. The number of nitrogens with zero attached hydrogens (tertiary/aromatic N) is 3. The molecule has 20 heavy (non-hydrogen) atoms. The van der Waals surface area contributed by atoms with Crippen molar-refractivity contribution >= 4 is 11.6 Å². The first-order valence-corrected chi connectivity index (χ1v) is 7.22. The molecule has 1 fully saturated rings. The lowest BCUT2D eigenvalue weighted by atomic mass is 9.93. The Balaban J connectivity index is 1.59. The van der Waals surface area contributed by atoms with E-state index >= 15 is 0 Å². The van der Waals surface area contributed by atoms with E-state index in [1.165, 1.54) is 0 Å². The summed E-state index contributed by atoms with van der Waals surface area (Å²) in [5.41, 5.74) is 0.285. The highest BCUT2D eigenvalue weighted by atomic mass is 35.5. The first-order valence-electron chi connectivity index (χ1n) is 6.84. The van der Waals surface area contributed by atoms with Crippen molar-refractivity contribution in [3.05, 3.63) is 53.3 Å². The third-order valence-corrected chi connectivity index (χ3v) is 4.08. The molecule has 2 heterocycles. The Labute approximate surface area is 123 Å². The van der Waals surface area contributed by atoms with Crippen LogP contribution < -0.4 is 0 Å². The fourth-order valence-corrected chi connectivity index (χ4v) is 2.91. The fraction of sp³-hybridized carbons (Fsp3) is 0.400. The van der Waals surface area contributed by atoms with Crippen molar-refractivity contribution in [3.8, 4) is 0 Å². The number of β-amino-alcohol motifs (C(OH)–C–C–N with tert-alkyl or cyclic N) is 1. The van der Waals surface area contributed by atoms with Crippen LogP contribution in [0.5, 0.6) is 0 Å². The molecular formula is C15H18ClN3O. The fourth-order valence-electron chi connectivity index (χ4n) is 2.75. The van der Waals surface area contributed by atoms with Crippen LogP contribution in [0, 0.1) is 0 Å². The Kier molecular flexibility index (Phi) is 3.78. The van der Waals surface area contributed by atoms with Crippen LogP contribution in [0.25, 0.3) is 0 Å². The van der Waals surface area contributed by atoms with Crippen molar-refractivity contribution in [2.24, 2.45) is 0 Å². The summed E-state index contributed by atoms with van der Waals surface area (Å²) in [7, 11) is 0. The predicted molar refractivity (Wildman–Crippen MR) is 78.6 cm³/mol. The first kappa shape index (κ1) is 13.6. The van der Waals surface area contributed by atoms with E-state index in [4.69, 9.17) is 11.6 Å². The Hall–Kier alpha value is -1.36. The summed E-state index contributed by atoms with van der Waals surface area (Å²) >= 11 is 5.84. The van der Waals surface area contributed by atoms with Crippen molar-refractivity contribution in [1.29, 1.82) is 0 Å². The topological polar surface area (TPSA) is 41.3 Å². The van der Waals surface area contributed by atoms with E-state index in [-0.39, 0.29) is 0 Å². The number of hydrogen-bond acceptors (Lipinski definition) is 3. The quantitative estimate of drug-likeness (QED) is 0.938. The summed E-state index contributed by atoms with van der Waals surface area (Å²) in [4.78, 5) is 2.27. The van der Waals surface area contributed by atoms with E-state index in [0.29, 0.717) is 11.6 Å². The highest BCUT2D eigenvalue weighted by molar-refractivity contribution is 6.30. The number of halogens is 1. The molecule has 5 heteroatoms. The molecule has 1 aromatic carbocycles. The summed E-state index contributed by atoms with van der Waals surface area (Å²) in [6.07, 6.45) is 4.24. The van der Waals surface area contributed by atoms with Gasteiger partial charge in [0.05, 0.1) is 17.8 Å². The van der Waals surface area contributed by atoms with Gasteiger partial charge in [0.2, 0.25) is 0 Å². The Morgan fingerprint density at radius 1 is 1.25 bits per heavy atom. The van der Waals surface area contributed by atoms with Gasteiger partial charge < -0.3 is 5.11 Å². The van der Waals surface area contributed by atoms with Crippen molar-refractivity contribution in [2.45, 2.75) is 18.6 Å². The van der Waals surface area contributed by atoms with Crippen molar-refractivity contribution in [1.82, 2.24) is 14.7 Å². The van der Waals surface area contributed by atoms with Gasteiger partial charge in [0, 0.05) is 25.8 Å². The van der Waals surface area contributed by atoms with Crippen LogP contribution in [-0.4, -0.2) is 39.4 Å². The molecule has 1 aromatic heterocycles. The molecule has 3 rings (SSSR count). The molecule has 1 N–H and O–H groups in total. The largest absolute Gasteiger partial charge is 0.384 e. The normalized spacial score (nSPS) is 23.3. The molecule has 4 nitrogen and oxygen atoms in total. The van der Waals surface area contributed by atoms with E-state index in [2.05, 4.69) is 10.00 Å². The molecular weight excluding hydrogens is 274 g/mol. The third kappa shape index (κ3) is 2.87. The van der Waals surface area contributed by atoms with E-state index in [9.17, 15) is 5.11 Å². The van der Waals surface area contributed by atoms with Gasteiger partial charge in [0.25, 0.3) is 0 Å². The van der Waals surface area contributed by atoms with E-state index < -0.39 is 5.60 Å². The molecule has 0 radical (unpaired) electrons. The van der Waals surface area contributed by atoms with Gasteiger partial charge in [-0.05, 0) is 12.0 Å². The second kappa shape index (κ2) is 5.56. The average Bonchev–Trinajstić information content (AvgIpc) is 3.05. The molecule has 0 aliphatic carbocycles. The second-order valence-electron chi connectivity index (χ2n) is 5.35. The molecule has 0 unspecified atom stereocenters. The number of rotatable bonds is 4. The first-order chi connectivity index (χ1) is 9.66. The van der Waals surface area contributed by atoms with E-state index in [1.807, 2.05) is 41.2 Å². The van der Waals surface area contributed by atoms with Gasteiger partial charge in [0.15, 0.2) is 0 Å². The molecule has 1 aliphatic heterocycles. The number of benzene rings is 1. The molecule has 106 valence electrons. The summed E-state index contributed by atoms with van der Waals surface area (Å²) in [6, 6.07) is 9.91. The number of likely N-dealkylation sites (tertiary alicyclic amines) is 1. The lowest BCUT2D eigenvalue weighted by Gasteiger charge is -2.24. The summed E-state index contributed by atoms with van der Waals surface area (Å²) in [5, 5.41) is 15.6. The van der Waals surface area contributed by atoms with E-state index in [1.54, 1.807) is 6.20 Å². The maximum absolute atomic E-state index is 10.7. The van der Waals surface area contributed by atoms with Crippen LogP contribution in [-0.2, 0) is 12.1 Å². The van der Waals surface area contributed by atoms with Crippen molar-refractivity contribution < 1.29 is 5.11 Å². The molecule has 2 aromatic rings. The average molecular weight is 292 g/mol. The van der Waals surface area contributed by atoms with Gasteiger partial charge in [-0.3, -0.25) is 9.58 Å². The van der Waals surface area contributed by atoms with Gasteiger partial charge in [-0.15, -0.1) is 0 Å².